The predicted molar refractivity (Wildman–Crippen MR) is 108 cm³/mol. The van der Waals surface area contributed by atoms with Gasteiger partial charge in [-0.25, -0.2) is 14.0 Å². The summed E-state index contributed by atoms with van der Waals surface area (Å²) in [5, 5.41) is 1.20. The highest BCUT2D eigenvalue weighted by Crippen LogP contribution is 2.35. The Labute approximate surface area is 164 Å². The van der Waals surface area contributed by atoms with Gasteiger partial charge in [-0.2, -0.15) is 0 Å². The van der Waals surface area contributed by atoms with Crippen LogP contribution in [0.25, 0.3) is 0 Å². The zero-order chi connectivity index (χ0) is 20.0. The summed E-state index contributed by atoms with van der Waals surface area (Å²) in [7, 11) is 1.56. The molecule has 2 aromatic rings. The van der Waals surface area contributed by atoms with E-state index in [1.807, 2.05) is 75.4 Å². The Morgan fingerprint density at radius 3 is 2.26 bits per heavy atom. The second-order valence-corrected chi connectivity index (χ2v) is 8.14. The van der Waals surface area contributed by atoms with E-state index in [1.54, 1.807) is 7.05 Å². The monoisotopic (exact) mass is 388 g/mol. The fourth-order valence-electron chi connectivity index (χ4n) is 2.93. The number of rotatable bonds is 8. The number of hydroxylamine groups is 2. The molecular formula is C21H28N2O3S. The Kier molecular flexibility index (Phi) is 7.30. The molecule has 5 nitrogen and oxygen atoms in total. The Hall–Kier alpha value is -2.02. The van der Waals surface area contributed by atoms with E-state index in [1.165, 1.54) is 12.2 Å². The van der Waals surface area contributed by atoms with Crippen molar-refractivity contribution in [3.8, 4) is 0 Å². The van der Waals surface area contributed by atoms with Crippen molar-refractivity contribution in [2.75, 3.05) is 14.2 Å². The molecule has 27 heavy (non-hydrogen) atoms. The lowest BCUT2D eigenvalue weighted by Gasteiger charge is -2.39. The van der Waals surface area contributed by atoms with Crippen LogP contribution in [-0.4, -0.2) is 29.3 Å². The maximum Gasteiger partial charge on any atom is 0.248 e. The fraction of sp³-hybridized carbons (Fsp3) is 0.381. The molecule has 0 aliphatic rings. The van der Waals surface area contributed by atoms with E-state index in [2.05, 4.69) is 4.72 Å². The molecule has 1 amide bonds. The first kappa shape index (κ1) is 21.3. The van der Waals surface area contributed by atoms with Gasteiger partial charge in [0.1, 0.15) is 11.0 Å². The van der Waals surface area contributed by atoms with Gasteiger partial charge in [0.15, 0.2) is 0 Å². The summed E-state index contributed by atoms with van der Waals surface area (Å²) >= 11 is 0. The molecule has 0 heterocycles. The van der Waals surface area contributed by atoms with E-state index in [4.69, 9.17) is 4.84 Å². The summed E-state index contributed by atoms with van der Waals surface area (Å²) in [6, 6.07) is 17.2. The molecule has 0 radical (unpaired) electrons. The molecule has 0 aliphatic carbocycles. The van der Waals surface area contributed by atoms with E-state index in [0.717, 1.165) is 11.1 Å². The van der Waals surface area contributed by atoms with Crippen LogP contribution in [0.15, 0.2) is 59.5 Å². The number of hydrogen-bond donors (Lipinski definition) is 1. The summed E-state index contributed by atoms with van der Waals surface area (Å²) < 4.78 is 16.4. The lowest BCUT2D eigenvalue weighted by atomic mass is 9.78. The zero-order valence-corrected chi connectivity index (χ0v) is 17.4. The van der Waals surface area contributed by atoms with Gasteiger partial charge in [0, 0.05) is 7.05 Å². The van der Waals surface area contributed by atoms with Gasteiger partial charge < -0.3 is 0 Å². The number of nitrogens with zero attached hydrogens (tertiary/aromatic N) is 1. The highest BCUT2D eigenvalue weighted by molar-refractivity contribution is 7.83. The van der Waals surface area contributed by atoms with E-state index in [-0.39, 0.29) is 18.2 Å². The molecule has 0 fully saturated rings. The van der Waals surface area contributed by atoms with Crippen molar-refractivity contribution in [1.29, 1.82) is 0 Å². The third-order valence-electron chi connectivity index (χ3n) is 4.84. The Morgan fingerprint density at radius 1 is 1.15 bits per heavy atom. The molecule has 2 atom stereocenters. The summed E-state index contributed by atoms with van der Waals surface area (Å²) in [6.07, 6.45) is 0.122. The Morgan fingerprint density at radius 2 is 1.74 bits per heavy atom. The normalized spacial score (nSPS) is 14.6. The highest BCUT2D eigenvalue weighted by Gasteiger charge is 2.40. The van der Waals surface area contributed by atoms with Gasteiger partial charge in [0.25, 0.3) is 0 Å². The number of aryl methyl sites for hydroxylation is 1. The smallest absolute Gasteiger partial charge is 0.248 e. The molecule has 2 rings (SSSR count). The lowest BCUT2D eigenvalue weighted by Crippen LogP contribution is -2.50. The second-order valence-electron chi connectivity index (χ2n) is 6.93. The van der Waals surface area contributed by atoms with Crippen molar-refractivity contribution < 1.29 is 13.8 Å². The van der Waals surface area contributed by atoms with E-state index in [0.29, 0.717) is 4.90 Å². The number of carbonyl (C=O) groups is 1. The molecule has 6 heteroatoms. The lowest BCUT2D eigenvalue weighted by molar-refractivity contribution is -0.170. The number of benzene rings is 2. The minimum atomic E-state index is -1.48. The number of hydrogen-bond acceptors (Lipinski definition) is 3. The van der Waals surface area contributed by atoms with Gasteiger partial charge in [0.05, 0.1) is 24.0 Å². The minimum absolute atomic E-state index is 0.00324. The molecule has 0 saturated heterocycles. The van der Waals surface area contributed by atoms with Crippen molar-refractivity contribution in [2.24, 2.45) is 5.92 Å². The van der Waals surface area contributed by atoms with Gasteiger partial charge in [-0.05, 0) is 30.5 Å². The van der Waals surface area contributed by atoms with E-state index in [9.17, 15) is 9.00 Å². The molecule has 0 aromatic heterocycles. The van der Waals surface area contributed by atoms with Crippen molar-refractivity contribution in [2.45, 2.75) is 37.6 Å². The maximum atomic E-state index is 13.1. The Balaban J connectivity index is 2.45. The second kappa shape index (κ2) is 9.26. The third-order valence-corrected chi connectivity index (χ3v) is 6.09. The summed E-state index contributed by atoms with van der Waals surface area (Å²) in [5.74, 6) is -0.188. The van der Waals surface area contributed by atoms with Gasteiger partial charge in [-0.15, -0.1) is 0 Å². The predicted octanol–water partition coefficient (Wildman–Crippen LogP) is 3.57. The number of amides is 1. The topological polar surface area (TPSA) is 58.6 Å². The summed E-state index contributed by atoms with van der Waals surface area (Å²) in [5.41, 5.74) is 1.21. The van der Waals surface area contributed by atoms with Crippen molar-refractivity contribution in [1.82, 2.24) is 9.79 Å². The molecule has 0 aliphatic heterocycles. The maximum absolute atomic E-state index is 13.1. The van der Waals surface area contributed by atoms with Gasteiger partial charge in [-0.1, -0.05) is 61.9 Å². The fourth-order valence-corrected chi connectivity index (χ4v) is 4.18. The van der Waals surface area contributed by atoms with Crippen LogP contribution in [0.1, 0.15) is 31.4 Å². The molecular weight excluding hydrogens is 360 g/mol. The van der Waals surface area contributed by atoms with Crippen LogP contribution in [0.3, 0.4) is 0 Å². The standard InChI is InChI=1S/C21H28N2O3S/c1-16(2)21(15-20(24)23(4)26-5,18-9-7-6-8-10-18)22-27(25)19-13-11-17(3)12-14-19/h6-14,16,22H,15H2,1-5H3/t21-,27?/m1/s1. The number of carbonyl (C=O) groups excluding carboxylic acids is 1. The van der Waals surface area contributed by atoms with E-state index >= 15 is 0 Å². The van der Waals surface area contributed by atoms with Crippen molar-refractivity contribution in [3.05, 3.63) is 65.7 Å². The molecule has 1 N–H and O–H groups in total. The molecule has 0 saturated carbocycles. The highest BCUT2D eigenvalue weighted by atomic mass is 32.2. The van der Waals surface area contributed by atoms with E-state index < -0.39 is 16.5 Å². The molecule has 1 unspecified atom stereocenters. The van der Waals surface area contributed by atoms with Gasteiger partial charge >= 0.3 is 0 Å². The first-order valence-electron chi connectivity index (χ1n) is 8.92. The zero-order valence-electron chi connectivity index (χ0n) is 16.6. The van der Waals surface area contributed by atoms with Crippen LogP contribution in [0.4, 0.5) is 0 Å². The van der Waals surface area contributed by atoms with Crippen LogP contribution < -0.4 is 4.72 Å². The molecule has 2 aromatic carbocycles. The quantitative estimate of drug-likeness (QED) is 0.704. The van der Waals surface area contributed by atoms with Crippen LogP contribution in [0, 0.1) is 12.8 Å². The first-order valence-corrected chi connectivity index (χ1v) is 10.1. The minimum Gasteiger partial charge on any atom is -0.275 e. The molecule has 146 valence electrons. The average molecular weight is 389 g/mol. The van der Waals surface area contributed by atoms with Crippen LogP contribution >= 0.6 is 0 Å². The van der Waals surface area contributed by atoms with Crippen LogP contribution in [-0.2, 0) is 26.2 Å². The average Bonchev–Trinajstić information content (AvgIpc) is 2.67. The first-order chi connectivity index (χ1) is 12.8. The SMILES string of the molecule is CON(C)C(=O)C[C@](NS(=O)c1ccc(C)cc1)(c1ccccc1)C(C)C. The summed E-state index contributed by atoms with van der Waals surface area (Å²) in [6.45, 7) is 6.03. The third kappa shape index (κ3) is 5.03. The van der Waals surface area contributed by atoms with Crippen molar-refractivity contribution >= 4 is 16.9 Å². The van der Waals surface area contributed by atoms with Crippen LogP contribution in [0.2, 0.25) is 0 Å². The van der Waals surface area contributed by atoms with Gasteiger partial charge in [-0.3, -0.25) is 9.63 Å². The molecule has 0 bridgehead atoms. The summed E-state index contributed by atoms with van der Waals surface area (Å²) in [4.78, 5) is 18.4. The largest absolute Gasteiger partial charge is 0.275 e. The van der Waals surface area contributed by atoms with Gasteiger partial charge in [0.2, 0.25) is 5.91 Å². The Bertz CT molecular complexity index is 778. The van der Waals surface area contributed by atoms with Crippen LogP contribution in [0.5, 0.6) is 0 Å². The number of nitrogens with one attached hydrogen (secondary N) is 1. The van der Waals surface area contributed by atoms with Crippen molar-refractivity contribution in [3.63, 3.8) is 0 Å². The molecule has 0 spiro atoms.